The molecule has 4 heteroatoms. The molecule has 1 aromatic carbocycles. The summed E-state index contributed by atoms with van der Waals surface area (Å²) < 4.78 is 11.5. The van der Waals surface area contributed by atoms with Gasteiger partial charge in [0.1, 0.15) is 13.2 Å². The highest BCUT2D eigenvalue weighted by molar-refractivity contribution is 6.32. The number of halogens is 1. The normalized spacial score (nSPS) is 19.6. The summed E-state index contributed by atoms with van der Waals surface area (Å²) in [6.45, 7) is 6.17. The fraction of sp³-hybridized carbons (Fsp3) is 0.600. The molecule has 2 aliphatic rings. The van der Waals surface area contributed by atoms with Crippen LogP contribution in [0.1, 0.15) is 43.7 Å². The van der Waals surface area contributed by atoms with Crippen LogP contribution in [0.4, 0.5) is 0 Å². The molecule has 1 saturated carbocycles. The van der Waals surface area contributed by atoms with Crippen LogP contribution in [0.25, 0.3) is 0 Å². The van der Waals surface area contributed by atoms with Crippen molar-refractivity contribution in [2.75, 3.05) is 19.8 Å². The van der Waals surface area contributed by atoms with Crippen molar-refractivity contribution in [1.29, 1.82) is 0 Å². The third-order valence-corrected chi connectivity index (χ3v) is 4.48. The van der Waals surface area contributed by atoms with Crippen molar-refractivity contribution in [3.05, 3.63) is 22.2 Å². The van der Waals surface area contributed by atoms with Crippen molar-refractivity contribution in [2.24, 2.45) is 5.73 Å². The molecule has 0 unspecified atom stereocenters. The monoisotopic (exact) mass is 281 g/mol. The number of benzene rings is 1. The van der Waals surface area contributed by atoms with Crippen LogP contribution in [0.5, 0.6) is 11.5 Å². The minimum absolute atomic E-state index is 0.110. The second kappa shape index (κ2) is 4.57. The Bertz CT molecular complexity index is 509. The summed E-state index contributed by atoms with van der Waals surface area (Å²) in [7, 11) is 0. The Hall–Kier alpha value is -0.930. The highest BCUT2D eigenvalue weighted by Crippen LogP contribution is 2.55. The van der Waals surface area contributed by atoms with E-state index in [0.717, 1.165) is 18.6 Å². The van der Waals surface area contributed by atoms with Gasteiger partial charge in [0.15, 0.2) is 11.5 Å². The average Bonchev–Trinajstić information content (AvgIpc) is 3.19. The summed E-state index contributed by atoms with van der Waals surface area (Å²) in [6.07, 6.45) is 2.28. The first kappa shape index (κ1) is 13.1. The zero-order chi connectivity index (χ0) is 13.6. The van der Waals surface area contributed by atoms with Gasteiger partial charge in [0, 0.05) is 17.5 Å². The van der Waals surface area contributed by atoms with E-state index in [1.807, 2.05) is 6.07 Å². The molecule has 1 heterocycles. The summed E-state index contributed by atoms with van der Waals surface area (Å²) in [4.78, 5) is 0. The molecule has 0 atom stereocenters. The van der Waals surface area contributed by atoms with Gasteiger partial charge in [0.2, 0.25) is 0 Å². The molecule has 1 aliphatic carbocycles. The Morgan fingerprint density at radius 3 is 2.42 bits per heavy atom. The topological polar surface area (TPSA) is 44.5 Å². The lowest BCUT2D eigenvalue weighted by Gasteiger charge is -2.28. The predicted octanol–water partition coefficient (Wildman–Crippen LogP) is 3.22. The fourth-order valence-electron chi connectivity index (χ4n) is 2.93. The van der Waals surface area contributed by atoms with E-state index in [1.165, 1.54) is 11.1 Å². The van der Waals surface area contributed by atoms with Crippen molar-refractivity contribution >= 4 is 11.6 Å². The maximum absolute atomic E-state index is 6.37. The van der Waals surface area contributed by atoms with Crippen LogP contribution >= 0.6 is 11.6 Å². The van der Waals surface area contributed by atoms with Crippen molar-refractivity contribution in [3.63, 3.8) is 0 Å². The highest BCUT2D eigenvalue weighted by atomic mass is 35.5. The molecule has 0 saturated heterocycles. The molecular weight excluding hydrogens is 262 g/mol. The van der Waals surface area contributed by atoms with E-state index in [2.05, 4.69) is 13.8 Å². The molecular formula is C15H20ClNO2. The third-order valence-electron chi connectivity index (χ3n) is 4.20. The molecule has 0 radical (unpaired) electrons. The molecule has 3 nitrogen and oxygen atoms in total. The van der Waals surface area contributed by atoms with Gasteiger partial charge in [0.05, 0.1) is 5.02 Å². The molecule has 104 valence electrons. The lowest BCUT2D eigenvalue weighted by atomic mass is 9.85. The van der Waals surface area contributed by atoms with E-state index in [9.17, 15) is 0 Å². The van der Waals surface area contributed by atoms with Gasteiger partial charge in [-0.05, 0) is 30.4 Å². The molecule has 3 rings (SSSR count). The zero-order valence-electron chi connectivity index (χ0n) is 11.5. The first-order chi connectivity index (χ1) is 9.09. The second-order valence-corrected chi connectivity index (χ2v) is 6.22. The molecule has 2 N–H and O–H groups in total. The number of fused-ring (bicyclic) bond motifs is 1. The number of hydrogen-bond acceptors (Lipinski definition) is 3. The molecule has 1 fully saturated rings. The number of nitrogens with two attached hydrogens (primary N) is 1. The zero-order valence-corrected chi connectivity index (χ0v) is 12.2. The van der Waals surface area contributed by atoms with Gasteiger partial charge in [-0.15, -0.1) is 0 Å². The number of hydrogen-bond donors (Lipinski definition) is 1. The SMILES string of the molecule is CC(C)c1c(C2(CN)CC2)cc(Cl)c2c1OCCO2. The van der Waals surface area contributed by atoms with E-state index in [1.54, 1.807) is 0 Å². The summed E-state index contributed by atoms with van der Waals surface area (Å²) in [5, 5.41) is 0.647. The summed E-state index contributed by atoms with van der Waals surface area (Å²) in [6, 6.07) is 2.05. The Morgan fingerprint density at radius 1 is 1.26 bits per heavy atom. The van der Waals surface area contributed by atoms with Crippen LogP contribution < -0.4 is 15.2 Å². The van der Waals surface area contributed by atoms with Crippen molar-refractivity contribution < 1.29 is 9.47 Å². The molecule has 0 bridgehead atoms. The van der Waals surface area contributed by atoms with Gasteiger partial charge >= 0.3 is 0 Å². The quantitative estimate of drug-likeness (QED) is 0.925. The minimum Gasteiger partial charge on any atom is -0.486 e. The Morgan fingerprint density at radius 2 is 1.89 bits per heavy atom. The van der Waals surface area contributed by atoms with Crippen LogP contribution in [0.3, 0.4) is 0 Å². The molecule has 1 aromatic rings. The van der Waals surface area contributed by atoms with E-state index >= 15 is 0 Å². The Labute approximate surface area is 119 Å². The average molecular weight is 282 g/mol. The molecule has 0 aromatic heterocycles. The third kappa shape index (κ3) is 2.00. The van der Waals surface area contributed by atoms with Crippen molar-refractivity contribution in [1.82, 2.24) is 0 Å². The van der Waals surface area contributed by atoms with Crippen LogP contribution in [0, 0.1) is 0 Å². The first-order valence-electron chi connectivity index (χ1n) is 6.91. The first-order valence-corrected chi connectivity index (χ1v) is 7.29. The van der Waals surface area contributed by atoms with E-state index in [-0.39, 0.29) is 5.41 Å². The van der Waals surface area contributed by atoms with Crippen LogP contribution in [-0.4, -0.2) is 19.8 Å². The molecule has 1 aliphatic heterocycles. The largest absolute Gasteiger partial charge is 0.486 e. The van der Waals surface area contributed by atoms with Gasteiger partial charge in [-0.25, -0.2) is 0 Å². The fourth-order valence-corrected chi connectivity index (χ4v) is 3.18. The Balaban J connectivity index is 2.21. The van der Waals surface area contributed by atoms with Gasteiger partial charge in [0.25, 0.3) is 0 Å². The summed E-state index contributed by atoms with van der Waals surface area (Å²) in [5.41, 5.74) is 8.58. The van der Waals surface area contributed by atoms with E-state index in [4.69, 9.17) is 26.8 Å². The lowest BCUT2D eigenvalue weighted by molar-refractivity contribution is 0.169. The maximum atomic E-state index is 6.37. The highest BCUT2D eigenvalue weighted by Gasteiger charge is 2.46. The standard InChI is InChI=1S/C15H20ClNO2/c1-9(2)12-10(15(8-17)3-4-15)7-11(16)13-14(12)19-6-5-18-13/h7,9H,3-6,8,17H2,1-2H3. The number of rotatable bonds is 3. The smallest absolute Gasteiger partial charge is 0.180 e. The van der Waals surface area contributed by atoms with Crippen molar-refractivity contribution in [3.8, 4) is 11.5 Å². The molecule has 19 heavy (non-hydrogen) atoms. The lowest BCUT2D eigenvalue weighted by Crippen LogP contribution is -2.24. The molecule has 0 spiro atoms. The second-order valence-electron chi connectivity index (χ2n) is 5.81. The van der Waals surface area contributed by atoms with Gasteiger partial charge in [-0.1, -0.05) is 25.4 Å². The van der Waals surface area contributed by atoms with Gasteiger partial charge < -0.3 is 15.2 Å². The predicted molar refractivity (Wildman–Crippen MR) is 76.5 cm³/mol. The van der Waals surface area contributed by atoms with Gasteiger partial charge in [-0.3, -0.25) is 0 Å². The Kier molecular flexibility index (Phi) is 3.14. The van der Waals surface area contributed by atoms with Gasteiger partial charge in [-0.2, -0.15) is 0 Å². The number of ether oxygens (including phenoxy) is 2. The minimum atomic E-state index is 0.110. The van der Waals surface area contributed by atoms with Crippen LogP contribution in [0.15, 0.2) is 6.07 Å². The summed E-state index contributed by atoms with van der Waals surface area (Å²) >= 11 is 6.37. The van der Waals surface area contributed by atoms with Crippen molar-refractivity contribution in [2.45, 2.75) is 38.0 Å². The summed E-state index contributed by atoms with van der Waals surface area (Å²) in [5.74, 6) is 1.91. The van der Waals surface area contributed by atoms with Crippen LogP contribution in [-0.2, 0) is 5.41 Å². The molecule has 0 amide bonds. The van der Waals surface area contributed by atoms with E-state index < -0.39 is 0 Å². The maximum Gasteiger partial charge on any atom is 0.180 e. The van der Waals surface area contributed by atoms with Crippen LogP contribution in [0.2, 0.25) is 5.02 Å². The van der Waals surface area contributed by atoms with E-state index in [0.29, 0.717) is 36.4 Å².